The van der Waals surface area contributed by atoms with Crippen LogP contribution in [0.2, 0.25) is 0 Å². The number of rotatable bonds is 3. The van der Waals surface area contributed by atoms with Gasteiger partial charge >= 0.3 is 30.9 Å². The molecule has 0 spiro atoms. The Bertz CT molecular complexity index is 2800. The normalized spacial score (nSPS) is 13.4. The number of pyridine rings is 1. The highest BCUT2D eigenvalue weighted by atomic mass is 19.4. The molecule has 0 fully saturated rings. The van der Waals surface area contributed by atoms with Crippen molar-refractivity contribution in [2.45, 2.75) is 30.9 Å². The predicted octanol–water partition coefficient (Wildman–Crippen LogP) is 14.0. The summed E-state index contributed by atoms with van der Waals surface area (Å²) >= 11 is 0. The summed E-state index contributed by atoms with van der Waals surface area (Å²) in [7, 11) is 0. The van der Waals surface area contributed by atoms with Crippen LogP contribution in [0.5, 0.6) is 0 Å². The van der Waals surface area contributed by atoms with Crippen molar-refractivity contribution < 1.29 is 65.9 Å². The van der Waals surface area contributed by atoms with E-state index in [1.165, 1.54) is 10.6 Å². The molecule has 0 aliphatic rings. The number of nitrogens with zero attached hydrogens (tertiary/aromatic N) is 3. The molecular formula is C40H18F15N3. The first-order valence-electron chi connectivity index (χ1n) is 16.5. The molecule has 8 rings (SSSR count). The SMILES string of the molecule is FC(F)(F)c1ccc(-n2c3ccc(C(F)(F)F)cc3c3cc(C(F)(F)F)ccc32)c(-c2cnccc2-n2c3ccc(C(F)(F)F)cc3c3cc(C(F)(F)F)ccc32)c1. The van der Waals surface area contributed by atoms with Gasteiger partial charge in [0.05, 0.1) is 61.3 Å². The molecule has 0 amide bonds. The summed E-state index contributed by atoms with van der Waals surface area (Å²) < 4.78 is 212. The van der Waals surface area contributed by atoms with E-state index in [2.05, 4.69) is 4.98 Å². The van der Waals surface area contributed by atoms with Gasteiger partial charge in [0.1, 0.15) is 0 Å². The average Bonchev–Trinajstić information content (AvgIpc) is 3.64. The van der Waals surface area contributed by atoms with Crippen LogP contribution in [0.3, 0.4) is 0 Å². The van der Waals surface area contributed by atoms with Crippen molar-refractivity contribution in [1.29, 1.82) is 0 Å². The van der Waals surface area contributed by atoms with Gasteiger partial charge < -0.3 is 9.13 Å². The minimum absolute atomic E-state index is 0.0977. The predicted molar refractivity (Wildman–Crippen MR) is 183 cm³/mol. The van der Waals surface area contributed by atoms with Crippen LogP contribution >= 0.6 is 0 Å². The molecule has 0 N–H and O–H groups in total. The molecule has 0 saturated heterocycles. The van der Waals surface area contributed by atoms with Gasteiger partial charge in [-0.15, -0.1) is 0 Å². The van der Waals surface area contributed by atoms with Gasteiger partial charge in [0.25, 0.3) is 0 Å². The fourth-order valence-corrected chi connectivity index (χ4v) is 7.18. The highest BCUT2D eigenvalue weighted by molar-refractivity contribution is 6.12. The van der Waals surface area contributed by atoms with E-state index in [4.69, 9.17) is 0 Å². The maximum absolute atomic E-state index is 14.4. The third-order valence-corrected chi connectivity index (χ3v) is 9.73. The zero-order valence-electron chi connectivity index (χ0n) is 28.4. The molecule has 3 nitrogen and oxygen atoms in total. The van der Waals surface area contributed by atoms with E-state index < -0.39 is 58.7 Å². The summed E-state index contributed by atoms with van der Waals surface area (Å²) in [5.74, 6) is 0. The van der Waals surface area contributed by atoms with Crippen molar-refractivity contribution in [3.8, 4) is 22.5 Å². The van der Waals surface area contributed by atoms with Crippen LogP contribution in [0.4, 0.5) is 65.9 Å². The summed E-state index contributed by atoms with van der Waals surface area (Å²) in [6, 6.07) is 12.4. The maximum Gasteiger partial charge on any atom is 0.416 e. The van der Waals surface area contributed by atoms with Crippen LogP contribution in [0, 0.1) is 0 Å². The van der Waals surface area contributed by atoms with E-state index in [-0.39, 0.29) is 66.1 Å². The van der Waals surface area contributed by atoms with E-state index >= 15 is 0 Å². The molecule has 3 heterocycles. The molecule has 0 bridgehead atoms. The number of hydrogen-bond acceptors (Lipinski definition) is 1. The van der Waals surface area contributed by atoms with Crippen LogP contribution in [-0.4, -0.2) is 14.1 Å². The number of benzene rings is 5. The van der Waals surface area contributed by atoms with Gasteiger partial charge in [0.2, 0.25) is 0 Å². The highest BCUT2D eigenvalue weighted by Gasteiger charge is 2.37. The minimum Gasteiger partial charge on any atom is -0.309 e. The van der Waals surface area contributed by atoms with Crippen molar-refractivity contribution in [2.75, 3.05) is 0 Å². The van der Waals surface area contributed by atoms with Crippen LogP contribution in [0.25, 0.3) is 66.1 Å². The lowest BCUT2D eigenvalue weighted by atomic mass is 9.99. The Kier molecular flexibility index (Phi) is 8.43. The van der Waals surface area contributed by atoms with Crippen LogP contribution in [-0.2, 0) is 30.9 Å². The van der Waals surface area contributed by atoms with E-state index in [9.17, 15) is 65.9 Å². The first-order chi connectivity index (χ1) is 26.9. The molecule has 0 aliphatic heterocycles. The van der Waals surface area contributed by atoms with Gasteiger partial charge in [0.15, 0.2) is 0 Å². The van der Waals surface area contributed by atoms with Crippen LogP contribution in [0.15, 0.2) is 109 Å². The summed E-state index contributed by atoms with van der Waals surface area (Å²) in [6.07, 6.45) is -22.5. The second kappa shape index (κ2) is 12.6. The third kappa shape index (κ3) is 6.43. The lowest BCUT2D eigenvalue weighted by Crippen LogP contribution is -2.08. The molecule has 18 heteroatoms. The Hall–Kier alpha value is -6.20. The van der Waals surface area contributed by atoms with E-state index in [1.54, 1.807) is 0 Å². The van der Waals surface area contributed by atoms with Crippen LogP contribution < -0.4 is 0 Å². The number of halogens is 15. The number of hydrogen-bond donors (Lipinski definition) is 0. The average molecular weight is 826 g/mol. The first-order valence-corrected chi connectivity index (χ1v) is 16.5. The Labute approximate surface area is 314 Å². The lowest BCUT2D eigenvalue weighted by Gasteiger charge is -2.20. The van der Waals surface area contributed by atoms with Gasteiger partial charge in [-0.2, -0.15) is 65.9 Å². The van der Waals surface area contributed by atoms with Crippen molar-refractivity contribution in [3.63, 3.8) is 0 Å². The molecule has 8 aromatic rings. The summed E-state index contributed by atoms with van der Waals surface area (Å²) in [4.78, 5) is 4.05. The molecule has 298 valence electrons. The number of fused-ring (bicyclic) bond motifs is 6. The summed E-state index contributed by atoms with van der Waals surface area (Å²) in [6.45, 7) is 0. The zero-order chi connectivity index (χ0) is 41.9. The molecule has 3 aromatic heterocycles. The summed E-state index contributed by atoms with van der Waals surface area (Å²) in [5, 5.41) is -1.27. The van der Waals surface area contributed by atoms with Crippen molar-refractivity contribution in [2.24, 2.45) is 0 Å². The molecule has 0 saturated carbocycles. The lowest BCUT2D eigenvalue weighted by molar-refractivity contribution is -0.138. The summed E-state index contributed by atoms with van der Waals surface area (Å²) in [5.41, 5.74) is -7.49. The molecular weight excluding hydrogens is 807 g/mol. The fraction of sp³-hybridized carbons (Fsp3) is 0.125. The highest BCUT2D eigenvalue weighted by Crippen LogP contribution is 2.46. The molecule has 0 unspecified atom stereocenters. The van der Waals surface area contributed by atoms with Crippen molar-refractivity contribution in [3.05, 3.63) is 137 Å². The first kappa shape index (κ1) is 38.7. The number of aromatic nitrogens is 3. The van der Waals surface area contributed by atoms with Gasteiger partial charge in [-0.05, 0) is 97.1 Å². The van der Waals surface area contributed by atoms with Gasteiger partial charge in [-0.3, -0.25) is 4.98 Å². The molecule has 0 radical (unpaired) electrons. The van der Waals surface area contributed by atoms with E-state index in [0.717, 1.165) is 47.3 Å². The fourth-order valence-electron chi connectivity index (χ4n) is 7.18. The quantitative estimate of drug-likeness (QED) is 0.163. The molecule has 58 heavy (non-hydrogen) atoms. The van der Waals surface area contributed by atoms with E-state index in [1.807, 2.05) is 0 Å². The second-order valence-electron chi connectivity index (χ2n) is 13.2. The Morgan fingerprint density at radius 1 is 0.328 bits per heavy atom. The molecule has 0 atom stereocenters. The maximum atomic E-state index is 14.4. The largest absolute Gasteiger partial charge is 0.416 e. The standard InChI is InChI=1S/C40H18F15N3/c41-36(42,43)19-1-6-30-24(13-19)25-14-20(37(44,45)46)2-7-31(25)57(30)34-10-5-23(40(53,54)55)17-28(34)29-18-56-12-11-35(29)58-32-8-3-21(38(47,48)49)15-26(32)27-16-22(39(50,51)52)4-9-33(27)58/h1-18H. The van der Waals surface area contributed by atoms with Crippen molar-refractivity contribution in [1.82, 2.24) is 14.1 Å². The number of alkyl halides is 15. The Morgan fingerprint density at radius 2 is 0.621 bits per heavy atom. The van der Waals surface area contributed by atoms with Gasteiger partial charge in [-0.25, -0.2) is 0 Å². The monoisotopic (exact) mass is 825 g/mol. The van der Waals surface area contributed by atoms with E-state index in [0.29, 0.717) is 60.7 Å². The van der Waals surface area contributed by atoms with Gasteiger partial charge in [-0.1, -0.05) is 0 Å². The third-order valence-electron chi connectivity index (χ3n) is 9.73. The van der Waals surface area contributed by atoms with Gasteiger partial charge in [0, 0.05) is 45.1 Å². The second-order valence-corrected chi connectivity index (χ2v) is 13.2. The molecule has 5 aromatic carbocycles. The topological polar surface area (TPSA) is 22.8 Å². The van der Waals surface area contributed by atoms with Crippen molar-refractivity contribution >= 4 is 43.6 Å². The minimum atomic E-state index is -5.02. The van der Waals surface area contributed by atoms with Crippen LogP contribution in [0.1, 0.15) is 27.8 Å². The Morgan fingerprint density at radius 3 is 0.948 bits per heavy atom. The Balaban J connectivity index is 1.48. The molecule has 0 aliphatic carbocycles. The smallest absolute Gasteiger partial charge is 0.309 e. The zero-order valence-corrected chi connectivity index (χ0v) is 28.4.